The molecule has 2 aliphatic heterocycles. The summed E-state index contributed by atoms with van der Waals surface area (Å²) in [6, 6.07) is 8.74. The van der Waals surface area contributed by atoms with Crippen LogP contribution >= 0.6 is 0 Å². The number of ether oxygens (including phenoxy) is 1. The average Bonchev–Trinajstić information content (AvgIpc) is 2.98. The quantitative estimate of drug-likeness (QED) is 0.831. The van der Waals surface area contributed by atoms with E-state index in [2.05, 4.69) is 29.4 Å². The van der Waals surface area contributed by atoms with E-state index in [0.717, 1.165) is 43.7 Å². The van der Waals surface area contributed by atoms with Gasteiger partial charge in [0.1, 0.15) is 11.3 Å². The number of nitrogens with one attached hydrogen (secondary N) is 2. The van der Waals surface area contributed by atoms with Crippen molar-refractivity contribution in [2.75, 3.05) is 20.2 Å². The van der Waals surface area contributed by atoms with E-state index >= 15 is 0 Å². The highest BCUT2D eigenvalue weighted by Crippen LogP contribution is 2.38. The number of nitrogens with zero attached hydrogens (tertiary/aromatic N) is 1. The minimum atomic E-state index is -0.322. The van der Waals surface area contributed by atoms with Gasteiger partial charge >= 0.3 is 0 Å². The van der Waals surface area contributed by atoms with E-state index in [4.69, 9.17) is 4.74 Å². The van der Waals surface area contributed by atoms with Crippen molar-refractivity contribution in [1.82, 2.24) is 15.5 Å². The summed E-state index contributed by atoms with van der Waals surface area (Å²) in [7, 11) is 1.66. The van der Waals surface area contributed by atoms with Crippen LogP contribution in [0.25, 0.3) is 0 Å². The third-order valence-corrected chi connectivity index (χ3v) is 5.50. The maximum Gasteiger partial charge on any atom is 0.240 e. The van der Waals surface area contributed by atoms with Crippen LogP contribution in [0.3, 0.4) is 0 Å². The number of hydrogen-bond donors (Lipinski definition) is 2. The Labute approximate surface area is 151 Å². The van der Waals surface area contributed by atoms with E-state index in [1.165, 1.54) is 6.42 Å². The molecule has 0 spiro atoms. The Morgan fingerprint density at radius 1 is 1.32 bits per heavy atom. The Balaban J connectivity index is 1.65. The highest BCUT2D eigenvalue weighted by molar-refractivity contribution is 5.87. The molecule has 2 fully saturated rings. The minimum absolute atomic E-state index is 0.191. The zero-order valence-electron chi connectivity index (χ0n) is 15.7. The van der Waals surface area contributed by atoms with Gasteiger partial charge in [-0.05, 0) is 49.9 Å². The number of methoxy groups -OCH3 is 1. The summed E-state index contributed by atoms with van der Waals surface area (Å²) in [6.07, 6.45) is 4.22. The van der Waals surface area contributed by atoms with Crippen LogP contribution in [0.5, 0.6) is 5.75 Å². The molecule has 1 aromatic carbocycles. The topological polar surface area (TPSA) is 53.6 Å². The molecule has 0 aromatic heterocycles. The third-order valence-electron chi connectivity index (χ3n) is 5.50. The smallest absolute Gasteiger partial charge is 0.240 e. The fraction of sp³-hybridized carbons (Fsp3) is 0.650. The van der Waals surface area contributed by atoms with E-state index in [9.17, 15) is 4.79 Å². The second kappa shape index (κ2) is 7.75. The summed E-state index contributed by atoms with van der Waals surface area (Å²) in [5.74, 6) is 1.03. The van der Waals surface area contributed by atoms with Gasteiger partial charge in [-0.2, -0.15) is 0 Å². The molecule has 0 bridgehead atoms. The summed E-state index contributed by atoms with van der Waals surface area (Å²) in [6.45, 7) is 6.93. The van der Waals surface area contributed by atoms with Gasteiger partial charge in [0.2, 0.25) is 5.91 Å². The van der Waals surface area contributed by atoms with E-state index in [0.29, 0.717) is 18.6 Å². The fourth-order valence-corrected chi connectivity index (χ4v) is 4.35. The van der Waals surface area contributed by atoms with Crippen molar-refractivity contribution in [3.63, 3.8) is 0 Å². The molecule has 2 saturated heterocycles. The number of carbonyl (C=O) groups is 1. The molecule has 3 rings (SSSR count). The maximum atomic E-state index is 13.1. The third kappa shape index (κ3) is 3.98. The number of hydrogen-bond acceptors (Lipinski definition) is 4. The van der Waals surface area contributed by atoms with Crippen molar-refractivity contribution in [3.8, 4) is 5.75 Å². The molecule has 0 aliphatic carbocycles. The van der Waals surface area contributed by atoms with Crippen molar-refractivity contribution >= 4 is 5.91 Å². The van der Waals surface area contributed by atoms with Crippen molar-refractivity contribution < 1.29 is 9.53 Å². The van der Waals surface area contributed by atoms with Crippen LogP contribution in [0.4, 0.5) is 0 Å². The lowest BCUT2D eigenvalue weighted by Crippen LogP contribution is -2.57. The summed E-state index contributed by atoms with van der Waals surface area (Å²) in [5.41, 5.74) is 0.778. The molecular weight excluding hydrogens is 314 g/mol. The first-order valence-electron chi connectivity index (χ1n) is 9.46. The second-order valence-corrected chi connectivity index (χ2v) is 7.69. The molecule has 0 radical (unpaired) electrons. The standard InChI is InChI=1S/C20H31N3O2/c1-15(2)22-17-12-20(10-4-5-11-23(20)14-17)19(24)21-13-16-6-8-18(25-3)9-7-16/h6-9,15,17,22H,4-5,10-14H2,1-3H3,(H,21,24)/t17-,20+/m0/s1. The van der Waals surface area contributed by atoms with Gasteiger partial charge in [0.15, 0.2) is 0 Å². The van der Waals surface area contributed by atoms with Crippen molar-refractivity contribution in [3.05, 3.63) is 29.8 Å². The maximum absolute atomic E-state index is 13.1. The first kappa shape index (κ1) is 18.2. The molecule has 138 valence electrons. The lowest BCUT2D eigenvalue weighted by Gasteiger charge is -2.40. The van der Waals surface area contributed by atoms with Crippen molar-refractivity contribution in [2.24, 2.45) is 0 Å². The van der Waals surface area contributed by atoms with Gasteiger partial charge in [-0.15, -0.1) is 0 Å². The molecule has 5 heteroatoms. The Bertz CT molecular complexity index is 587. The zero-order valence-corrected chi connectivity index (χ0v) is 15.7. The molecule has 1 amide bonds. The molecule has 0 unspecified atom stereocenters. The molecule has 2 atom stereocenters. The molecule has 25 heavy (non-hydrogen) atoms. The Morgan fingerprint density at radius 2 is 2.08 bits per heavy atom. The Morgan fingerprint density at radius 3 is 2.76 bits per heavy atom. The summed E-state index contributed by atoms with van der Waals surface area (Å²) in [5, 5.41) is 6.82. The Hall–Kier alpha value is -1.59. The number of benzene rings is 1. The minimum Gasteiger partial charge on any atom is -0.497 e. The molecular formula is C20H31N3O2. The van der Waals surface area contributed by atoms with Crippen LogP contribution in [0.2, 0.25) is 0 Å². The van der Waals surface area contributed by atoms with E-state index in [-0.39, 0.29) is 11.4 Å². The van der Waals surface area contributed by atoms with Crippen LogP contribution in [0.1, 0.15) is 45.1 Å². The number of amides is 1. The Kier molecular flexibility index (Phi) is 5.64. The van der Waals surface area contributed by atoms with E-state index in [1.54, 1.807) is 7.11 Å². The van der Waals surface area contributed by atoms with Crippen LogP contribution < -0.4 is 15.4 Å². The monoisotopic (exact) mass is 345 g/mol. The van der Waals surface area contributed by atoms with Gasteiger partial charge < -0.3 is 15.4 Å². The summed E-state index contributed by atoms with van der Waals surface area (Å²) in [4.78, 5) is 15.5. The summed E-state index contributed by atoms with van der Waals surface area (Å²) < 4.78 is 5.19. The zero-order chi connectivity index (χ0) is 17.9. The van der Waals surface area contributed by atoms with Crippen LogP contribution in [-0.2, 0) is 11.3 Å². The number of piperidine rings is 1. The van der Waals surface area contributed by atoms with E-state index in [1.807, 2.05) is 24.3 Å². The van der Waals surface area contributed by atoms with Gasteiger partial charge in [-0.3, -0.25) is 9.69 Å². The summed E-state index contributed by atoms with van der Waals surface area (Å²) >= 11 is 0. The van der Waals surface area contributed by atoms with Gasteiger partial charge in [-0.1, -0.05) is 26.0 Å². The highest BCUT2D eigenvalue weighted by atomic mass is 16.5. The highest BCUT2D eigenvalue weighted by Gasteiger charge is 2.51. The normalized spacial score (nSPS) is 26.5. The first-order chi connectivity index (χ1) is 12.0. The number of rotatable bonds is 6. The number of fused-ring (bicyclic) bond motifs is 1. The largest absolute Gasteiger partial charge is 0.497 e. The first-order valence-corrected chi connectivity index (χ1v) is 9.46. The molecule has 2 aliphatic rings. The van der Waals surface area contributed by atoms with Crippen LogP contribution in [0.15, 0.2) is 24.3 Å². The predicted molar refractivity (Wildman–Crippen MR) is 99.7 cm³/mol. The fourth-order valence-electron chi connectivity index (χ4n) is 4.35. The molecule has 2 heterocycles. The molecule has 0 saturated carbocycles. The molecule has 2 N–H and O–H groups in total. The SMILES string of the molecule is COc1ccc(CNC(=O)[C@]23CCCCN2C[C@@H](NC(C)C)C3)cc1. The van der Waals surface area contributed by atoms with E-state index < -0.39 is 0 Å². The number of carbonyl (C=O) groups excluding carboxylic acids is 1. The molecule has 5 nitrogen and oxygen atoms in total. The van der Waals surface area contributed by atoms with Crippen LogP contribution in [0, 0.1) is 0 Å². The lowest BCUT2D eigenvalue weighted by atomic mass is 9.84. The van der Waals surface area contributed by atoms with Gasteiger partial charge in [-0.25, -0.2) is 0 Å². The van der Waals surface area contributed by atoms with Crippen molar-refractivity contribution in [1.29, 1.82) is 0 Å². The van der Waals surface area contributed by atoms with Gasteiger partial charge in [0.25, 0.3) is 0 Å². The average molecular weight is 345 g/mol. The van der Waals surface area contributed by atoms with Gasteiger partial charge in [0, 0.05) is 25.2 Å². The lowest BCUT2D eigenvalue weighted by molar-refractivity contribution is -0.134. The second-order valence-electron chi connectivity index (χ2n) is 7.69. The van der Waals surface area contributed by atoms with Crippen LogP contribution in [-0.4, -0.2) is 48.6 Å². The molecule has 1 aromatic rings. The predicted octanol–water partition coefficient (Wildman–Crippen LogP) is 2.31. The van der Waals surface area contributed by atoms with Crippen molar-refractivity contribution in [2.45, 2.75) is 63.7 Å². The van der Waals surface area contributed by atoms with Gasteiger partial charge in [0.05, 0.1) is 7.11 Å².